The van der Waals surface area contributed by atoms with Gasteiger partial charge in [0.25, 0.3) is 0 Å². The van der Waals surface area contributed by atoms with Crippen LogP contribution in [0.15, 0.2) is 24.3 Å². The second-order valence-electron chi connectivity index (χ2n) is 6.58. The van der Waals surface area contributed by atoms with E-state index in [9.17, 15) is 14.7 Å². The Morgan fingerprint density at radius 3 is 2.29 bits per heavy atom. The van der Waals surface area contributed by atoms with Crippen molar-refractivity contribution in [2.24, 2.45) is 11.8 Å². The Kier molecular flexibility index (Phi) is 5.54. The van der Waals surface area contributed by atoms with Crippen LogP contribution in [0.2, 0.25) is 5.02 Å². The number of halogens is 1. The maximum Gasteiger partial charge on any atom is 0.233 e. The molecule has 6 heteroatoms. The van der Waals surface area contributed by atoms with Gasteiger partial charge >= 0.3 is 0 Å². The summed E-state index contributed by atoms with van der Waals surface area (Å²) >= 11 is 5.82. The molecular weight excluding hydrogens is 330 g/mol. The molecule has 5 nitrogen and oxygen atoms in total. The zero-order valence-corrected chi connectivity index (χ0v) is 14.2. The molecule has 2 aliphatic rings. The number of rotatable bonds is 6. The normalized spacial score (nSPS) is 25.0. The largest absolute Gasteiger partial charge is 0.389 e. The van der Waals surface area contributed by atoms with E-state index in [1.807, 2.05) is 12.1 Å². The lowest BCUT2D eigenvalue weighted by Gasteiger charge is -2.19. The van der Waals surface area contributed by atoms with Crippen LogP contribution < -0.4 is 0 Å². The highest BCUT2D eigenvalue weighted by Crippen LogP contribution is 2.37. The van der Waals surface area contributed by atoms with Crippen LogP contribution in [-0.2, 0) is 20.9 Å². The molecule has 1 saturated carbocycles. The number of nitrogens with zero attached hydrogens (tertiary/aromatic N) is 1. The van der Waals surface area contributed by atoms with Crippen LogP contribution >= 0.6 is 11.6 Å². The highest BCUT2D eigenvalue weighted by atomic mass is 35.5. The van der Waals surface area contributed by atoms with Crippen molar-refractivity contribution < 1.29 is 19.4 Å². The molecular formula is C18H22ClNO4. The average Bonchev–Trinajstić information content (AvgIpc) is 2.82. The minimum Gasteiger partial charge on any atom is -0.389 e. The Balaban J connectivity index is 1.47. The number of β-amino-alcohol motifs (C(OH)–C–C–N with tert-alkyl or cyclic N) is 1. The lowest BCUT2D eigenvalue weighted by molar-refractivity contribution is -0.142. The molecule has 1 heterocycles. The minimum atomic E-state index is -0.870. The first-order chi connectivity index (χ1) is 11.6. The molecule has 0 unspecified atom stereocenters. The van der Waals surface area contributed by atoms with E-state index < -0.39 is 6.10 Å². The summed E-state index contributed by atoms with van der Waals surface area (Å²) in [5.74, 6) is -0.593. The molecule has 0 spiro atoms. The predicted octanol–water partition coefficient (Wildman–Crippen LogP) is 2.39. The van der Waals surface area contributed by atoms with Gasteiger partial charge in [-0.05, 0) is 30.5 Å². The van der Waals surface area contributed by atoms with Gasteiger partial charge in [0.15, 0.2) is 0 Å². The van der Waals surface area contributed by atoms with E-state index >= 15 is 0 Å². The highest BCUT2D eigenvalue weighted by molar-refractivity contribution is 6.30. The van der Waals surface area contributed by atoms with Crippen molar-refractivity contribution in [2.75, 3.05) is 13.2 Å². The molecule has 130 valence electrons. The van der Waals surface area contributed by atoms with Crippen LogP contribution in [0.4, 0.5) is 0 Å². The van der Waals surface area contributed by atoms with Gasteiger partial charge in [-0.3, -0.25) is 14.5 Å². The number of ether oxygens (including phenoxy) is 1. The van der Waals surface area contributed by atoms with Crippen LogP contribution in [0.3, 0.4) is 0 Å². The maximum absolute atomic E-state index is 12.4. The van der Waals surface area contributed by atoms with Gasteiger partial charge in [-0.1, -0.05) is 36.6 Å². The number of carbonyl (C=O) groups excluding carboxylic acids is 2. The van der Waals surface area contributed by atoms with Gasteiger partial charge in [0.2, 0.25) is 11.8 Å². The molecule has 1 saturated heterocycles. The van der Waals surface area contributed by atoms with E-state index in [0.717, 1.165) is 31.2 Å². The van der Waals surface area contributed by atoms with Crippen molar-refractivity contribution in [3.05, 3.63) is 34.9 Å². The lowest BCUT2D eigenvalue weighted by Crippen LogP contribution is -2.39. The Morgan fingerprint density at radius 1 is 1.12 bits per heavy atom. The third-order valence-corrected chi connectivity index (χ3v) is 5.07. The van der Waals surface area contributed by atoms with Crippen molar-refractivity contribution in [3.63, 3.8) is 0 Å². The number of hydrogen-bond donors (Lipinski definition) is 1. The summed E-state index contributed by atoms with van der Waals surface area (Å²) in [5, 5.41) is 10.8. The molecule has 2 amide bonds. The molecule has 1 aromatic rings. The number of likely N-dealkylation sites (tertiary alicyclic amines) is 1. The average molecular weight is 352 g/mol. The van der Waals surface area contributed by atoms with E-state index in [0.29, 0.717) is 11.6 Å². The zero-order valence-electron chi connectivity index (χ0n) is 13.5. The quantitative estimate of drug-likeness (QED) is 0.799. The first-order valence-electron chi connectivity index (χ1n) is 8.41. The summed E-state index contributed by atoms with van der Waals surface area (Å²) < 4.78 is 5.48. The molecule has 3 rings (SSSR count). The topological polar surface area (TPSA) is 66.8 Å². The monoisotopic (exact) mass is 351 g/mol. The number of aliphatic hydroxyl groups is 1. The number of amides is 2. The number of fused-ring (bicyclic) bond motifs is 1. The molecule has 24 heavy (non-hydrogen) atoms. The molecule has 1 N–H and O–H groups in total. The number of hydrogen-bond acceptors (Lipinski definition) is 4. The van der Waals surface area contributed by atoms with E-state index in [4.69, 9.17) is 16.3 Å². The molecule has 2 fully saturated rings. The first kappa shape index (κ1) is 17.4. The van der Waals surface area contributed by atoms with Crippen molar-refractivity contribution in [1.82, 2.24) is 4.90 Å². The summed E-state index contributed by atoms with van der Waals surface area (Å²) in [4.78, 5) is 25.9. The van der Waals surface area contributed by atoms with Gasteiger partial charge in [-0.2, -0.15) is 0 Å². The fraction of sp³-hybridized carbons (Fsp3) is 0.556. The van der Waals surface area contributed by atoms with Crippen LogP contribution in [0.1, 0.15) is 31.2 Å². The van der Waals surface area contributed by atoms with Crippen molar-refractivity contribution in [1.29, 1.82) is 0 Å². The molecule has 0 bridgehead atoms. The molecule has 1 aliphatic heterocycles. The van der Waals surface area contributed by atoms with Gasteiger partial charge in [-0.25, -0.2) is 0 Å². The smallest absolute Gasteiger partial charge is 0.233 e. The number of aliphatic hydroxyl groups excluding tert-OH is 1. The third-order valence-electron chi connectivity index (χ3n) is 4.82. The Morgan fingerprint density at radius 2 is 1.71 bits per heavy atom. The van der Waals surface area contributed by atoms with Gasteiger partial charge in [0.1, 0.15) is 0 Å². The predicted molar refractivity (Wildman–Crippen MR) is 89.3 cm³/mol. The van der Waals surface area contributed by atoms with Crippen LogP contribution in [-0.4, -0.2) is 41.1 Å². The first-order valence-corrected chi connectivity index (χ1v) is 8.79. The fourth-order valence-electron chi connectivity index (χ4n) is 3.57. The van der Waals surface area contributed by atoms with Crippen molar-refractivity contribution in [3.8, 4) is 0 Å². The lowest BCUT2D eigenvalue weighted by atomic mass is 9.81. The van der Waals surface area contributed by atoms with Crippen LogP contribution in [0.25, 0.3) is 0 Å². The second-order valence-corrected chi connectivity index (χ2v) is 7.02. The second kappa shape index (κ2) is 7.64. The van der Waals surface area contributed by atoms with E-state index in [2.05, 4.69) is 0 Å². The summed E-state index contributed by atoms with van der Waals surface area (Å²) in [5.41, 5.74) is 0.950. The fourth-order valence-corrected chi connectivity index (χ4v) is 3.69. The summed E-state index contributed by atoms with van der Waals surface area (Å²) in [6.45, 7) is 0.446. The third kappa shape index (κ3) is 3.79. The van der Waals surface area contributed by atoms with E-state index in [1.54, 1.807) is 12.1 Å². The molecule has 1 aromatic carbocycles. The van der Waals surface area contributed by atoms with Gasteiger partial charge in [-0.15, -0.1) is 0 Å². The highest BCUT2D eigenvalue weighted by Gasteiger charge is 2.48. The van der Waals surface area contributed by atoms with Crippen molar-refractivity contribution in [2.45, 2.75) is 38.4 Å². The SMILES string of the molecule is O=C1[C@H]2CCCC[C@H]2C(=O)N1C[C@H](O)COCc1ccc(Cl)cc1. The van der Waals surface area contributed by atoms with Gasteiger partial charge < -0.3 is 9.84 Å². The van der Waals surface area contributed by atoms with E-state index in [1.165, 1.54) is 4.90 Å². The molecule has 0 aromatic heterocycles. The molecule has 0 radical (unpaired) electrons. The minimum absolute atomic E-state index is 0.0191. The summed E-state index contributed by atoms with van der Waals surface area (Å²) in [7, 11) is 0. The number of benzene rings is 1. The Hall–Kier alpha value is -1.43. The molecule has 3 atom stereocenters. The number of imide groups is 1. The summed E-state index contributed by atoms with van der Waals surface area (Å²) in [6, 6.07) is 7.26. The maximum atomic E-state index is 12.4. The Bertz CT molecular complexity index is 580. The standard InChI is InChI=1S/C18H22ClNO4/c19-13-7-5-12(6-8-13)10-24-11-14(21)9-20-17(22)15-3-1-2-4-16(15)18(20)23/h5-8,14-16,21H,1-4,9-11H2/t14-,15-,16+/m0/s1. The molecule has 1 aliphatic carbocycles. The van der Waals surface area contributed by atoms with Gasteiger partial charge in [0.05, 0.1) is 37.7 Å². The summed E-state index contributed by atoms with van der Waals surface area (Å²) in [6.07, 6.45) is 2.70. The Labute approximate surface area is 146 Å². The van der Waals surface area contributed by atoms with Gasteiger partial charge in [0, 0.05) is 5.02 Å². The van der Waals surface area contributed by atoms with Crippen LogP contribution in [0, 0.1) is 11.8 Å². The number of carbonyl (C=O) groups is 2. The van der Waals surface area contributed by atoms with Crippen LogP contribution in [0.5, 0.6) is 0 Å². The van der Waals surface area contributed by atoms with E-state index in [-0.39, 0.29) is 36.8 Å². The zero-order chi connectivity index (χ0) is 17.1. The van der Waals surface area contributed by atoms with Crippen molar-refractivity contribution >= 4 is 23.4 Å².